The molecule has 2 N–H and O–H groups in total. The molecule has 0 saturated carbocycles. The van der Waals surface area contributed by atoms with Gasteiger partial charge in [0.05, 0.1) is 58.6 Å². The molecule has 7 aromatic rings. The normalized spacial score (nSPS) is 20.5. The lowest BCUT2D eigenvalue weighted by atomic mass is 9.82. The van der Waals surface area contributed by atoms with E-state index in [9.17, 15) is 19.5 Å². The molecule has 15 heteroatoms. The summed E-state index contributed by atoms with van der Waals surface area (Å²) in [6, 6.07) is 27.4. The Morgan fingerprint density at radius 3 is 2.09 bits per heavy atom. The zero-order valence-corrected chi connectivity index (χ0v) is 33.3. The van der Waals surface area contributed by atoms with Gasteiger partial charge in [0.1, 0.15) is 0 Å². The number of hydrogen-bond donors (Lipinski definition) is 2. The summed E-state index contributed by atoms with van der Waals surface area (Å²) in [4.78, 5) is 56.0. The van der Waals surface area contributed by atoms with E-state index in [2.05, 4.69) is 20.5 Å². The van der Waals surface area contributed by atoms with Gasteiger partial charge in [-0.1, -0.05) is 60.7 Å². The van der Waals surface area contributed by atoms with Gasteiger partial charge in [-0.3, -0.25) is 19.1 Å². The summed E-state index contributed by atoms with van der Waals surface area (Å²) in [5.41, 5.74) is 1.44. The molecule has 294 valence electrons. The molecule has 0 aliphatic carbocycles. The van der Waals surface area contributed by atoms with Crippen LogP contribution in [0.5, 0.6) is 0 Å². The van der Waals surface area contributed by atoms with Crippen molar-refractivity contribution in [2.24, 2.45) is 5.92 Å². The Morgan fingerprint density at radius 2 is 1.45 bits per heavy atom. The van der Waals surface area contributed by atoms with E-state index in [0.717, 1.165) is 16.3 Å². The van der Waals surface area contributed by atoms with Crippen molar-refractivity contribution in [2.45, 2.75) is 63.2 Å². The fourth-order valence-electron chi connectivity index (χ4n) is 9.04. The van der Waals surface area contributed by atoms with E-state index in [1.807, 2.05) is 92.8 Å². The largest absolute Gasteiger partial charge is 0.432 e. The number of carbonyl (C=O) groups excluding carboxylic acids is 1. The number of nitrogens with zero attached hydrogens (tertiary/aromatic N) is 8. The van der Waals surface area contributed by atoms with Gasteiger partial charge < -0.3 is 19.5 Å². The second-order valence-electron chi connectivity index (χ2n) is 15.8. The maximum atomic E-state index is 15.3. The monoisotopic (exact) mass is 794 g/mol. The van der Waals surface area contributed by atoms with Crippen molar-refractivity contribution in [2.75, 3.05) is 11.5 Å². The quantitative estimate of drug-likeness (QED) is 0.186. The zero-order valence-electron chi connectivity index (χ0n) is 32.3. The lowest BCUT2D eigenvalue weighted by Crippen LogP contribution is -2.46. The van der Waals surface area contributed by atoms with Crippen molar-refractivity contribution in [3.05, 3.63) is 147 Å². The van der Waals surface area contributed by atoms with Crippen LogP contribution in [0, 0.1) is 5.92 Å². The van der Waals surface area contributed by atoms with Gasteiger partial charge in [0, 0.05) is 53.6 Å². The molecular formula is C43H42N8O6Si. The van der Waals surface area contributed by atoms with Crippen molar-refractivity contribution in [1.82, 2.24) is 34.6 Å². The molecule has 0 bridgehead atoms. The number of aliphatic hydroxyl groups excluding tert-OH is 1. The fraction of sp³-hybridized carbons (Fsp3) is 0.279. The van der Waals surface area contributed by atoms with Crippen LogP contribution in [0.4, 0.5) is 5.69 Å². The molecule has 14 nitrogen and oxygen atoms in total. The Kier molecular flexibility index (Phi) is 9.27. The first-order chi connectivity index (χ1) is 28.0. The predicted octanol–water partition coefficient (Wildman–Crippen LogP) is 4.65. The maximum Gasteiger partial charge on any atom is 0.279 e. The Bertz CT molecular complexity index is 2830. The number of ether oxygens (including phenoxy) is 1. The number of carbonyl (C=O) groups is 1. The first kappa shape index (κ1) is 37.4. The van der Waals surface area contributed by atoms with Crippen LogP contribution >= 0.6 is 0 Å². The van der Waals surface area contributed by atoms with Gasteiger partial charge in [-0.05, 0) is 67.5 Å². The fourth-order valence-corrected chi connectivity index (χ4v) is 11.6. The Morgan fingerprint density at radius 1 is 0.828 bits per heavy atom. The molecule has 1 amide bonds. The summed E-state index contributed by atoms with van der Waals surface area (Å²) in [5, 5.41) is 29.3. The second kappa shape index (κ2) is 14.4. The number of hydrogen-bond acceptors (Lipinski definition) is 10. The van der Waals surface area contributed by atoms with E-state index in [0.29, 0.717) is 58.5 Å². The minimum absolute atomic E-state index is 0.0382. The number of amides is 1. The third kappa shape index (κ3) is 6.18. The first-order valence-electron chi connectivity index (χ1n) is 19.4. The highest BCUT2D eigenvalue weighted by Gasteiger charge is 2.66. The Labute approximate surface area is 333 Å². The van der Waals surface area contributed by atoms with E-state index < -0.39 is 25.9 Å². The average molecular weight is 795 g/mol. The van der Waals surface area contributed by atoms with Crippen LogP contribution in [-0.2, 0) is 34.6 Å². The van der Waals surface area contributed by atoms with Crippen molar-refractivity contribution >= 4 is 41.5 Å². The molecule has 3 aromatic heterocycles. The number of rotatable bonds is 10. The van der Waals surface area contributed by atoms with Crippen LogP contribution in [0.25, 0.3) is 32.9 Å². The highest BCUT2D eigenvalue weighted by atomic mass is 28.4. The molecule has 1 fully saturated rings. The SMILES string of the molecule is C[C@@H]1[C@@H]([Si](C)(C)O)[C@H](CCn2cc(CCO)nn2)O[C@@]12C(=O)N(Cc1ccc(-n3ncc4ccccc4c3=O)cc1)c1ccc(-n3ncc4ccccc4c3=O)cc12. The van der Waals surface area contributed by atoms with Gasteiger partial charge >= 0.3 is 0 Å². The number of fused-ring (bicyclic) bond motifs is 4. The van der Waals surface area contributed by atoms with Gasteiger partial charge in [0.25, 0.3) is 17.0 Å². The standard InChI is InChI=1S/C43H42N8O6Si/c1-27-39(58(2,3)56)38(18-20-48-26-31(19-21-52)46-47-48)57-43(27)36-22-33(51-41(54)35-11-7-5-9-30(35)24-45-51)16-17-37(36)49(42(43)55)25-28-12-14-32(15-13-28)50-40(53)34-10-6-4-8-29(34)23-44-50/h4-17,22-24,26-27,38-39,52,56H,18-21,25H2,1-3H3/t27-,38+,39-,43+/m1/s1. The first-order valence-corrected chi connectivity index (χ1v) is 22.4. The van der Waals surface area contributed by atoms with E-state index in [1.54, 1.807) is 46.4 Å². The smallest absolute Gasteiger partial charge is 0.279 e. The van der Waals surface area contributed by atoms with E-state index in [-0.39, 0.29) is 35.7 Å². The molecule has 2 aliphatic rings. The number of aromatic nitrogens is 7. The number of benzene rings is 4. The summed E-state index contributed by atoms with van der Waals surface area (Å²) in [7, 11) is -2.99. The molecule has 0 radical (unpaired) electrons. The topological polar surface area (TPSA) is 170 Å². The van der Waals surface area contributed by atoms with E-state index in [1.165, 1.54) is 9.36 Å². The molecule has 1 saturated heterocycles. The molecule has 4 aromatic carbocycles. The molecule has 5 heterocycles. The van der Waals surface area contributed by atoms with Gasteiger partial charge in [-0.25, -0.2) is 0 Å². The number of aliphatic hydroxyl groups is 1. The van der Waals surface area contributed by atoms with Crippen LogP contribution in [0.3, 0.4) is 0 Å². The van der Waals surface area contributed by atoms with Crippen LogP contribution < -0.4 is 16.0 Å². The summed E-state index contributed by atoms with van der Waals surface area (Å²) in [5.74, 6) is -0.718. The summed E-state index contributed by atoms with van der Waals surface area (Å²) >= 11 is 0. The summed E-state index contributed by atoms with van der Waals surface area (Å²) < 4.78 is 11.5. The second-order valence-corrected chi connectivity index (χ2v) is 19.7. The Balaban J connectivity index is 1.11. The van der Waals surface area contributed by atoms with Crippen molar-refractivity contribution < 1.29 is 19.4 Å². The van der Waals surface area contributed by atoms with Gasteiger partial charge in [0.15, 0.2) is 13.9 Å². The molecular weight excluding hydrogens is 753 g/mol. The van der Waals surface area contributed by atoms with Crippen LogP contribution in [-0.4, -0.2) is 71.4 Å². The Hall–Kier alpha value is -6.13. The van der Waals surface area contributed by atoms with Crippen molar-refractivity contribution in [3.8, 4) is 11.4 Å². The zero-order chi connectivity index (χ0) is 40.3. The number of anilines is 1. The van der Waals surface area contributed by atoms with Crippen molar-refractivity contribution in [1.29, 1.82) is 0 Å². The van der Waals surface area contributed by atoms with Gasteiger partial charge in [-0.2, -0.15) is 19.6 Å². The molecule has 9 rings (SSSR count). The summed E-state index contributed by atoms with van der Waals surface area (Å²) in [6.45, 7) is 6.32. The molecule has 0 unspecified atom stereocenters. The molecule has 1 spiro atoms. The van der Waals surface area contributed by atoms with Crippen LogP contribution in [0.1, 0.15) is 30.2 Å². The summed E-state index contributed by atoms with van der Waals surface area (Å²) in [6.07, 6.45) is 5.43. The molecule has 58 heavy (non-hydrogen) atoms. The predicted molar refractivity (Wildman–Crippen MR) is 220 cm³/mol. The lowest BCUT2D eigenvalue weighted by molar-refractivity contribution is -0.146. The van der Waals surface area contributed by atoms with Gasteiger partial charge in [-0.15, -0.1) is 5.10 Å². The van der Waals surface area contributed by atoms with Gasteiger partial charge in [0.2, 0.25) is 0 Å². The average Bonchev–Trinajstić information content (AvgIpc) is 3.87. The maximum absolute atomic E-state index is 15.3. The minimum atomic E-state index is -2.99. The number of aryl methyl sites for hydroxylation is 1. The van der Waals surface area contributed by atoms with Crippen LogP contribution in [0.2, 0.25) is 18.6 Å². The van der Waals surface area contributed by atoms with E-state index in [4.69, 9.17) is 4.74 Å². The lowest BCUT2D eigenvalue weighted by Gasteiger charge is -2.32. The highest BCUT2D eigenvalue weighted by molar-refractivity contribution is 6.71. The molecule has 4 atom stereocenters. The van der Waals surface area contributed by atoms with Crippen LogP contribution in [0.15, 0.2) is 119 Å². The highest BCUT2D eigenvalue weighted by Crippen LogP contribution is 2.60. The third-order valence-electron chi connectivity index (χ3n) is 11.7. The van der Waals surface area contributed by atoms with E-state index >= 15 is 4.79 Å². The minimum Gasteiger partial charge on any atom is -0.432 e. The molecule has 2 aliphatic heterocycles. The third-order valence-corrected chi connectivity index (χ3v) is 14.2. The van der Waals surface area contributed by atoms with Crippen molar-refractivity contribution in [3.63, 3.8) is 0 Å².